The zero-order valence-electron chi connectivity index (χ0n) is 9.90. The van der Waals surface area contributed by atoms with E-state index in [1.165, 1.54) is 36.2 Å². The second-order valence-corrected chi connectivity index (χ2v) is 3.68. The number of nitrogen functional groups attached to an aromatic ring is 1. The van der Waals surface area contributed by atoms with Gasteiger partial charge in [0.25, 0.3) is 11.6 Å². The molecule has 0 fully saturated rings. The highest BCUT2D eigenvalue weighted by Crippen LogP contribution is 2.19. The van der Waals surface area contributed by atoms with E-state index in [9.17, 15) is 14.9 Å². The molecule has 0 saturated heterocycles. The molecule has 2 rings (SSSR count). The van der Waals surface area contributed by atoms with Crippen molar-refractivity contribution in [1.82, 2.24) is 15.2 Å². The van der Waals surface area contributed by atoms with E-state index in [1.807, 2.05) is 0 Å². The van der Waals surface area contributed by atoms with Crippen LogP contribution in [0.15, 0.2) is 24.3 Å². The minimum atomic E-state index is -0.511. The minimum absolute atomic E-state index is 0.00153. The van der Waals surface area contributed by atoms with Crippen LogP contribution >= 0.6 is 0 Å². The molecule has 2 aromatic rings. The Labute approximate surface area is 107 Å². The fourth-order valence-corrected chi connectivity index (χ4v) is 1.44. The first-order valence-corrected chi connectivity index (χ1v) is 5.19. The van der Waals surface area contributed by atoms with E-state index in [-0.39, 0.29) is 17.5 Å². The average molecular weight is 262 g/mol. The summed E-state index contributed by atoms with van der Waals surface area (Å²) in [6.07, 6.45) is 0. The molecular formula is C10H10N6O3. The molecule has 0 radical (unpaired) electrons. The highest BCUT2D eigenvalue weighted by molar-refractivity contribution is 6.03. The summed E-state index contributed by atoms with van der Waals surface area (Å²) in [7, 11) is 1.52. The van der Waals surface area contributed by atoms with Crippen LogP contribution in [-0.4, -0.2) is 33.1 Å². The smallest absolute Gasteiger partial charge is 0.295 e. The molecule has 0 saturated carbocycles. The Hall–Kier alpha value is -2.97. The molecule has 98 valence electrons. The highest BCUT2D eigenvalue weighted by Gasteiger charge is 2.18. The Balaban J connectivity index is 2.21. The second-order valence-electron chi connectivity index (χ2n) is 3.68. The van der Waals surface area contributed by atoms with Crippen molar-refractivity contribution in [2.75, 3.05) is 17.7 Å². The summed E-state index contributed by atoms with van der Waals surface area (Å²) in [4.78, 5) is 27.0. The van der Waals surface area contributed by atoms with Crippen molar-refractivity contribution in [3.63, 3.8) is 0 Å². The zero-order chi connectivity index (χ0) is 14.0. The molecule has 1 heterocycles. The summed E-state index contributed by atoms with van der Waals surface area (Å²) in [6, 6.07) is 5.56. The molecule has 0 aliphatic heterocycles. The Kier molecular flexibility index (Phi) is 3.10. The lowest BCUT2D eigenvalue weighted by Gasteiger charge is -2.15. The number of nitrogens with zero attached hydrogens (tertiary/aromatic N) is 4. The molecule has 9 heteroatoms. The Morgan fingerprint density at radius 3 is 2.53 bits per heavy atom. The number of carbonyl (C=O) groups is 1. The first kappa shape index (κ1) is 12.5. The maximum absolute atomic E-state index is 12.0. The van der Waals surface area contributed by atoms with E-state index in [1.54, 1.807) is 0 Å². The molecule has 0 atom stereocenters. The molecule has 0 aliphatic carbocycles. The molecule has 9 nitrogen and oxygen atoms in total. The van der Waals surface area contributed by atoms with Gasteiger partial charge in [-0.15, -0.1) is 5.10 Å². The number of aromatic amines is 1. The first-order valence-electron chi connectivity index (χ1n) is 5.19. The van der Waals surface area contributed by atoms with Gasteiger partial charge in [-0.1, -0.05) is 0 Å². The van der Waals surface area contributed by atoms with Crippen molar-refractivity contribution in [3.8, 4) is 0 Å². The van der Waals surface area contributed by atoms with Crippen LogP contribution in [0.4, 0.5) is 17.3 Å². The SMILES string of the molecule is CN(C(=O)c1nc(N)n[nH]1)c1ccc([N+](=O)[O-])cc1. The van der Waals surface area contributed by atoms with Crippen molar-refractivity contribution in [2.45, 2.75) is 0 Å². The number of nitro benzene ring substituents is 1. The fourth-order valence-electron chi connectivity index (χ4n) is 1.44. The second kappa shape index (κ2) is 4.72. The van der Waals surface area contributed by atoms with E-state index in [4.69, 9.17) is 5.73 Å². The van der Waals surface area contributed by atoms with Gasteiger partial charge in [0.05, 0.1) is 4.92 Å². The predicted molar refractivity (Wildman–Crippen MR) is 66.6 cm³/mol. The Bertz CT molecular complexity index is 620. The maximum Gasteiger partial charge on any atom is 0.295 e. The van der Waals surface area contributed by atoms with E-state index >= 15 is 0 Å². The van der Waals surface area contributed by atoms with Gasteiger partial charge >= 0.3 is 0 Å². The van der Waals surface area contributed by atoms with Crippen LogP contribution < -0.4 is 10.6 Å². The number of nitrogens with one attached hydrogen (secondary N) is 1. The van der Waals surface area contributed by atoms with Gasteiger partial charge in [0.2, 0.25) is 11.8 Å². The Morgan fingerprint density at radius 1 is 1.42 bits per heavy atom. The highest BCUT2D eigenvalue weighted by atomic mass is 16.6. The van der Waals surface area contributed by atoms with E-state index in [0.29, 0.717) is 5.69 Å². The number of carbonyl (C=O) groups excluding carboxylic acids is 1. The number of amides is 1. The number of rotatable bonds is 3. The number of hydrogen-bond acceptors (Lipinski definition) is 6. The number of non-ortho nitro benzene ring substituents is 1. The van der Waals surface area contributed by atoms with Crippen LogP contribution in [0.3, 0.4) is 0 Å². The van der Waals surface area contributed by atoms with Crippen LogP contribution in [0.1, 0.15) is 10.6 Å². The number of benzene rings is 1. The summed E-state index contributed by atoms with van der Waals surface area (Å²) in [5, 5.41) is 16.5. The molecule has 0 aliphatic rings. The van der Waals surface area contributed by atoms with Gasteiger partial charge in [-0.3, -0.25) is 20.0 Å². The number of aromatic nitrogens is 3. The Morgan fingerprint density at radius 2 is 2.05 bits per heavy atom. The maximum atomic E-state index is 12.0. The van der Waals surface area contributed by atoms with Crippen LogP contribution in [0.5, 0.6) is 0 Å². The molecular weight excluding hydrogens is 252 g/mol. The molecule has 0 unspecified atom stereocenters. The molecule has 19 heavy (non-hydrogen) atoms. The number of H-pyrrole nitrogens is 1. The third-order valence-corrected chi connectivity index (χ3v) is 2.46. The molecule has 3 N–H and O–H groups in total. The van der Waals surface area contributed by atoms with Crippen LogP contribution in [0, 0.1) is 10.1 Å². The van der Waals surface area contributed by atoms with E-state index in [0.717, 1.165) is 0 Å². The number of nitro groups is 1. The first-order chi connectivity index (χ1) is 8.99. The normalized spacial score (nSPS) is 10.2. The summed E-state index contributed by atoms with van der Waals surface area (Å²) < 4.78 is 0. The lowest BCUT2D eigenvalue weighted by molar-refractivity contribution is -0.384. The topological polar surface area (TPSA) is 131 Å². The number of hydrogen-bond donors (Lipinski definition) is 2. The van der Waals surface area contributed by atoms with Gasteiger partial charge in [-0.2, -0.15) is 4.98 Å². The quantitative estimate of drug-likeness (QED) is 0.614. The van der Waals surface area contributed by atoms with E-state index < -0.39 is 10.8 Å². The molecule has 0 spiro atoms. The molecule has 1 aromatic heterocycles. The zero-order valence-corrected chi connectivity index (χ0v) is 9.90. The van der Waals surface area contributed by atoms with Crippen molar-refractivity contribution >= 4 is 23.2 Å². The van der Waals surface area contributed by atoms with Gasteiger partial charge in [0, 0.05) is 24.9 Å². The summed E-state index contributed by atoms with van der Waals surface area (Å²) in [5.74, 6) is -0.475. The largest absolute Gasteiger partial charge is 0.366 e. The van der Waals surface area contributed by atoms with Crippen LogP contribution in [0.2, 0.25) is 0 Å². The van der Waals surface area contributed by atoms with Crippen molar-refractivity contribution in [1.29, 1.82) is 0 Å². The van der Waals surface area contributed by atoms with Gasteiger partial charge in [-0.05, 0) is 12.1 Å². The predicted octanol–water partition coefficient (Wildman–Crippen LogP) is 0.572. The third-order valence-electron chi connectivity index (χ3n) is 2.46. The fraction of sp³-hybridized carbons (Fsp3) is 0.100. The lowest BCUT2D eigenvalue weighted by atomic mass is 10.2. The van der Waals surface area contributed by atoms with Crippen molar-refractivity contribution in [3.05, 3.63) is 40.2 Å². The minimum Gasteiger partial charge on any atom is -0.366 e. The molecule has 1 aromatic carbocycles. The van der Waals surface area contributed by atoms with Crippen LogP contribution in [0.25, 0.3) is 0 Å². The molecule has 0 bridgehead atoms. The van der Waals surface area contributed by atoms with Gasteiger partial charge < -0.3 is 10.6 Å². The number of anilines is 2. The van der Waals surface area contributed by atoms with Crippen LogP contribution in [-0.2, 0) is 0 Å². The summed E-state index contributed by atoms with van der Waals surface area (Å²) >= 11 is 0. The number of nitrogens with two attached hydrogens (primary N) is 1. The van der Waals surface area contributed by atoms with Crippen molar-refractivity contribution in [2.24, 2.45) is 0 Å². The van der Waals surface area contributed by atoms with E-state index in [2.05, 4.69) is 15.2 Å². The average Bonchev–Trinajstić information content (AvgIpc) is 2.84. The standard InChI is InChI=1S/C10H10N6O3/c1-15(9(17)8-12-10(11)14-13-8)6-2-4-7(5-3-6)16(18)19/h2-5H,1H3,(H3,11,12,13,14). The van der Waals surface area contributed by atoms with Gasteiger partial charge in [0.1, 0.15) is 0 Å². The van der Waals surface area contributed by atoms with Gasteiger partial charge in [0.15, 0.2) is 0 Å². The lowest BCUT2D eigenvalue weighted by Crippen LogP contribution is -2.27. The summed E-state index contributed by atoms with van der Waals surface area (Å²) in [6.45, 7) is 0. The summed E-state index contributed by atoms with van der Waals surface area (Å²) in [5.41, 5.74) is 5.75. The molecule has 1 amide bonds. The monoisotopic (exact) mass is 262 g/mol. The van der Waals surface area contributed by atoms with Gasteiger partial charge in [-0.25, -0.2) is 0 Å². The van der Waals surface area contributed by atoms with Crippen molar-refractivity contribution < 1.29 is 9.72 Å². The third kappa shape index (κ3) is 2.49.